The van der Waals surface area contributed by atoms with Crippen molar-refractivity contribution in [3.8, 4) is 0 Å². The Morgan fingerprint density at radius 2 is 1.32 bits per heavy atom. The van der Waals surface area contributed by atoms with Gasteiger partial charge in [0.2, 0.25) is 0 Å². The van der Waals surface area contributed by atoms with Crippen molar-refractivity contribution >= 4 is 18.4 Å². The van der Waals surface area contributed by atoms with Crippen LogP contribution in [0.15, 0.2) is 12.2 Å². The van der Waals surface area contributed by atoms with Gasteiger partial charge >= 0.3 is 5.97 Å². The van der Waals surface area contributed by atoms with Crippen molar-refractivity contribution in [1.82, 2.24) is 0 Å². The number of halogens is 1. The van der Waals surface area contributed by atoms with Gasteiger partial charge in [-0.1, -0.05) is 91.2 Å². The molecular weight excluding hydrogens is 370 g/mol. The van der Waals surface area contributed by atoms with E-state index in [1.165, 1.54) is 77.0 Å². The van der Waals surface area contributed by atoms with Crippen LogP contribution in [-0.2, 0) is 9.63 Å². The maximum atomic E-state index is 10.8. The van der Waals surface area contributed by atoms with Crippen molar-refractivity contribution in [3.63, 3.8) is 0 Å². The van der Waals surface area contributed by atoms with E-state index in [1.54, 1.807) is 0 Å². The summed E-state index contributed by atoms with van der Waals surface area (Å²) in [6, 6.07) is 0. The topological polar surface area (TPSA) is 52.3 Å². The monoisotopic (exact) mass is 417 g/mol. The molecule has 168 valence electrons. The Morgan fingerprint density at radius 1 is 0.929 bits per heavy atom. The minimum absolute atomic E-state index is 0. The second kappa shape index (κ2) is 19.8. The first-order valence-electron chi connectivity index (χ1n) is 11.5. The van der Waals surface area contributed by atoms with Crippen LogP contribution >= 0.6 is 12.4 Å². The van der Waals surface area contributed by atoms with Crippen LogP contribution in [0.4, 0.5) is 0 Å². The van der Waals surface area contributed by atoms with E-state index in [4.69, 9.17) is 5.90 Å². The van der Waals surface area contributed by atoms with Gasteiger partial charge in [-0.3, -0.25) is 4.79 Å². The van der Waals surface area contributed by atoms with Crippen molar-refractivity contribution in [3.05, 3.63) is 12.2 Å². The summed E-state index contributed by atoms with van der Waals surface area (Å²) in [4.78, 5) is 14.9. The van der Waals surface area contributed by atoms with Crippen LogP contribution in [0.1, 0.15) is 124 Å². The van der Waals surface area contributed by atoms with Gasteiger partial charge in [-0.15, -0.1) is 12.4 Å². The number of carbonyl (C=O) groups excluding carboxylic acids is 1. The van der Waals surface area contributed by atoms with Crippen LogP contribution in [0.3, 0.4) is 0 Å². The quantitative estimate of drug-likeness (QED) is 0.167. The Balaban J connectivity index is 0. The number of hydrogen-bond acceptors (Lipinski definition) is 3. The van der Waals surface area contributed by atoms with E-state index in [-0.39, 0.29) is 18.4 Å². The third kappa shape index (κ3) is 20.2. The summed E-state index contributed by atoms with van der Waals surface area (Å²) >= 11 is 0. The van der Waals surface area contributed by atoms with E-state index in [9.17, 15) is 4.79 Å². The van der Waals surface area contributed by atoms with Crippen LogP contribution in [0, 0.1) is 11.3 Å². The van der Waals surface area contributed by atoms with Crippen LogP contribution < -0.4 is 5.90 Å². The second-order valence-electron chi connectivity index (χ2n) is 8.92. The average molecular weight is 418 g/mol. The SMILES string of the molecule is CC1CC1(C)C.CCCCCCCC/C=C\CCCCCCCC(=O)ON.Cl. The number of unbranched alkanes of at least 4 members (excludes halogenated alkanes) is 11. The van der Waals surface area contributed by atoms with Gasteiger partial charge in [0.1, 0.15) is 0 Å². The van der Waals surface area contributed by atoms with Gasteiger partial charge in [0.15, 0.2) is 0 Å². The van der Waals surface area contributed by atoms with Gasteiger partial charge in [0, 0.05) is 6.42 Å². The molecule has 1 unspecified atom stereocenters. The molecule has 0 aromatic rings. The average Bonchev–Trinajstić information content (AvgIpc) is 3.21. The van der Waals surface area contributed by atoms with Gasteiger partial charge in [-0.25, -0.2) is 0 Å². The summed E-state index contributed by atoms with van der Waals surface area (Å²) in [5, 5.41) is 0. The minimum atomic E-state index is -0.298. The van der Waals surface area contributed by atoms with Gasteiger partial charge in [-0.2, -0.15) is 5.90 Å². The van der Waals surface area contributed by atoms with E-state index in [0.717, 1.165) is 18.8 Å². The molecule has 0 saturated heterocycles. The first-order chi connectivity index (χ1) is 12.9. The van der Waals surface area contributed by atoms with Crippen LogP contribution in [-0.4, -0.2) is 5.97 Å². The predicted octanol–water partition coefficient (Wildman–Crippen LogP) is 7.92. The summed E-state index contributed by atoms with van der Waals surface area (Å²) in [7, 11) is 0. The highest BCUT2D eigenvalue weighted by Crippen LogP contribution is 2.50. The van der Waals surface area contributed by atoms with Crippen molar-refractivity contribution < 1.29 is 9.63 Å². The zero-order valence-corrected chi connectivity index (χ0v) is 20.0. The molecule has 0 aliphatic heterocycles. The van der Waals surface area contributed by atoms with E-state index in [0.29, 0.717) is 11.8 Å². The normalized spacial score (nSPS) is 16.8. The maximum absolute atomic E-state index is 10.8. The highest BCUT2D eigenvalue weighted by Gasteiger charge is 2.41. The lowest BCUT2D eigenvalue weighted by Crippen LogP contribution is -2.08. The Morgan fingerprint density at radius 3 is 1.71 bits per heavy atom. The number of allylic oxidation sites excluding steroid dienone is 2. The van der Waals surface area contributed by atoms with Crippen molar-refractivity contribution in [2.45, 2.75) is 124 Å². The van der Waals surface area contributed by atoms with Gasteiger partial charge in [-0.05, 0) is 49.9 Å². The van der Waals surface area contributed by atoms with E-state index >= 15 is 0 Å². The van der Waals surface area contributed by atoms with Crippen LogP contribution in [0.5, 0.6) is 0 Å². The van der Waals surface area contributed by atoms with E-state index < -0.39 is 0 Å². The third-order valence-electron chi connectivity index (χ3n) is 5.78. The highest BCUT2D eigenvalue weighted by molar-refractivity contribution is 5.85. The Bertz CT molecular complexity index is 383. The van der Waals surface area contributed by atoms with Gasteiger partial charge < -0.3 is 4.84 Å². The molecule has 1 aliphatic carbocycles. The fraction of sp³-hybridized carbons (Fsp3) is 0.875. The number of carbonyl (C=O) groups is 1. The van der Waals surface area contributed by atoms with Gasteiger partial charge in [0.05, 0.1) is 0 Å². The van der Waals surface area contributed by atoms with E-state index in [2.05, 4.69) is 44.7 Å². The van der Waals surface area contributed by atoms with Gasteiger partial charge in [0.25, 0.3) is 0 Å². The van der Waals surface area contributed by atoms with Crippen LogP contribution in [0.2, 0.25) is 0 Å². The molecule has 1 aliphatic rings. The first kappa shape index (κ1) is 29.7. The fourth-order valence-corrected chi connectivity index (χ4v) is 3.13. The summed E-state index contributed by atoms with van der Waals surface area (Å²) in [5.74, 6) is 5.47. The first-order valence-corrected chi connectivity index (χ1v) is 11.5. The molecular formula is C24H48ClNO2. The molecule has 1 fully saturated rings. The molecule has 2 N–H and O–H groups in total. The molecule has 0 radical (unpaired) electrons. The molecule has 0 aromatic heterocycles. The minimum Gasteiger partial charge on any atom is -0.373 e. The third-order valence-corrected chi connectivity index (χ3v) is 5.78. The molecule has 4 heteroatoms. The number of nitrogens with two attached hydrogens (primary N) is 1. The largest absolute Gasteiger partial charge is 0.373 e. The zero-order valence-electron chi connectivity index (χ0n) is 19.1. The number of hydrogen-bond donors (Lipinski definition) is 1. The summed E-state index contributed by atoms with van der Waals surface area (Å²) in [5.41, 5.74) is 0.708. The summed E-state index contributed by atoms with van der Waals surface area (Å²) < 4.78 is 0. The maximum Gasteiger partial charge on any atom is 0.324 e. The zero-order chi connectivity index (χ0) is 20.4. The molecule has 1 saturated carbocycles. The highest BCUT2D eigenvalue weighted by atomic mass is 35.5. The lowest BCUT2D eigenvalue weighted by molar-refractivity contribution is -0.144. The number of rotatable bonds is 15. The molecule has 0 amide bonds. The molecule has 1 rings (SSSR count). The van der Waals surface area contributed by atoms with Crippen molar-refractivity contribution in [1.29, 1.82) is 0 Å². The summed E-state index contributed by atoms with van der Waals surface area (Å²) in [6.45, 7) is 9.20. The van der Waals surface area contributed by atoms with E-state index in [1.807, 2.05) is 0 Å². The van der Waals surface area contributed by atoms with Crippen molar-refractivity contribution in [2.24, 2.45) is 17.2 Å². The lowest BCUT2D eigenvalue weighted by Gasteiger charge is -2.00. The second-order valence-corrected chi connectivity index (χ2v) is 8.92. The van der Waals surface area contributed by atoms with Crippen molar-refractivity contribution in [2.75, 3.05) is 0 Å². The Labute approximate surface area is 181 Å². The molecule has 1 atom stereocenters. The molecule has 0 aromatic carbocycles. The Kier molecular flexibility index (Phi) is 20.9. The lowest BCUT2D eigenvalue weighted by atomic mass is 10.1. The molecule has 0 spiro atoms. The molecule has 28 heavy (non-hydrogen) atoms. The predicted molar refractivity (Wildman–Crippen MR) is 125 cm³/mol. The Hall–Kier alpha value is -0.540. The summed E-state index contributed by atoms with van der Waals surface area (Å²) in [6.07, 6.45) is 23.0. The smallest absolute Gasteiger partial charge is 0.324 e. The fourth-order valence-electron chi connectivity index (χ4n) is 3.13. The molecule has 0 bridgehead atoms. The molecule has 0 heterocycles. The standard InChI is InChI=1S/C18H35NO2.C6H12.ClH/c1-2-3-4-5-6-7-8-9-10-11-12-13-14-15-16-17-18(20)21-19;1-5-4-6(5,2)3;/h9-10H,2-8,11-17,19H2,1H3;5H,4H2,1-3H3;1H/b10-9-;;. The van der Waals surface area contributed by atoms with Crippen LogP contribution in [0.25, 0.3) is 0 Å². The molecule has 3 nitrogen and oxygen atoms in total.